The highest BCUT2D eigenvalue weighted by Gasteiger charge is 2.11. The summed E-state index contributed by atoms with van der Waals surface area (Å²) in [5, 5.41) is 2.93. The van der Waals surface area contributed by atoms with Gasteiger partial charge in [-0.2, -0.15) is 0 Å². The zero-order chi connectivity index (χ0) is 12.1. The second-order valence-corrected chi connectivity index (χ2v) is 4.72. The first kappa shape index (κ1) is 12.1. The summed E-state index contributed by atoms with van der Waals surface area (Å²) in [5.41, 5.74) is 2.65. The average molecular weight is 232 g/mol. The Balaban J connectivity index is 1.89. The van der Waals surface area contributed by atoms with Crippen LogP contribution >= 0.6 is 0 Å². The van der Waals surface area contributed by atoms with Gasteiger partial charge in [-0.3, -0.25) is 9.69 Å². The van der Waals surface area contributed by atoms with Gasteiger partial charge in [0, 0.05) is 26.1 Å². The zero-order valence-electron chi connectivity index (χ0n) is 10.4. The molecule has 0 aliphatic carbocycles. The molecule has 0 spiro atoms. The molecule has 1 aliphatic rings. The first-order chi connectivity index (χ1) is 8.24. The topological polar surface area (TPSA) is 32.3 Å². The van der Waals surface area contributed by atoms with Crippen molar-refractivity contribution in [3.63, 3.8) is 0 Å². The molecule has 1 aromatic carbocycles. The van der Waals surface area contributed by atoms with Crippen molar-refractivity contribution in [1.82, 2.24) is 10.2 Å². The average Bonchev–Trinajstić information content (AvgIpc) is 2.29. The number of rotatable bonds is 2. The minimum atomic E-state index is 0.194. The van der Waals surface area contributed by atoms with Crippen molar-refractivity contribution in [3.05, 3.63) is 35.4 Å². The van der Waals surface area contributed by atoms with Crippen molar-refractivity contribution in [1.29, 1.82) is 0 Å². The fourth-order valence-electron chi connectivity index (χ4n) is 2.13. The van der Waals surface area contributed by atoms with Crippen LogP contribution in [-0.2, 0) is 11.3 Å². The van der Waals surface area contributed by atoms with E-state index in [1.54, 1.807) is 0 Å². The highest BCUT2D eigenvalue weighted by Crippen LogP contribution is 2.08. The molecule has 1 amide bonds. The summed E-state index contributed by atoms with van der Waals surface area (Å²) in [6.07, 6.45) is 1.61. The third-order valence-electron chi connectivity index (χ3n) is 3.16. The van der Waals surface area contributed by atoms with Crippen molar-refractivity contribution in [3.8, 4) is 0 Å². The molecule has 1 heterocycles. The van der Waals surface area contributed by atoms with Gasteiger partial charge in [-0.1, -0.05) is 29.8 Å². The van der Waals surface area contributed by atoms with E-state index in [9.17, 15) is 4.79 Å². The number of carbonyl (C=O) groups is 1. The van der Waals surface area contributed by atoms with Gasteiger partial charge in [0.05, 0.1) is 0 Å². The van der Waals surface area contributed by atoms with Crippen LogP contribution in [0.3, 0.4) is 0 Å². The lowest BCUT2D eigenvalue weighted by Gasteiger charge is -2.24. The Kier molecular flexibility index (Phi) is 4.15. The van der Waals surface area contributed by atoms with Crippen molar-refractivity contribution in [2.45, 2.75) is 26.3 Å². The van der Waals surface area contributed by atoms with Crippen LogP contribution in [0, 0.1) is 6.92 Å². The minimum Gasteiger partial charge on any atom is -0.355 e. The Morgan fingerprint density at radius 1 is 1.24 bits per heavy atom. The molecule has 1 saturated heterocycles. The maximum absolute atomic E-state index is 11.2. The van der Waals surface area contributed by atoms with E-state index in [0.29, 0.717) is 6.42 Å². The molecule has 3 nitrogen and oxygen atoms in total. The van der Waals surface area contributed by atoms with Crippen LogP contribution in [0.1, 0.15) is 24.0 Å². The summed E-state index contributed by atoms with van der Waals surface area (Å²) < 4.78 is 0. The summed E-state index contributed by atoms with van der Waals surface area (Å²) in [5.74, 6) is 0.194. The molecule has 92 valence electrons. The normalized spacial score (nSPS) is 18.3. The monoisotopic (exact) mass is 232 g/mol. The smallest absolute Gasteiger partial charge is 0.220 e. The highest BCUT2D eigenvalue weighted by atomic mass is 16.1. The number of nitrogens with one attached hydrogen (secondary N) is 1. The predicted molar refractivity (Wildman–Crippen MR) is 68.7 cm³/mol. The number of carbonyl (C=O) groups excluding carboxylic acids is 1. The Bertz CT molecular complexity index is 360. The van der Waals surface area contributed by atoms with Crippen LogP contribution in [0.25, 0.3) is 0 Å². The number of nitrogens with zero attached hydrogens (tertiary/aromatic N) is 1. The van der Waals surface area contributed by atoms with Crippen molar-refractivity contribution < 1.29 is 4.79 Å². The molecule has 0 radical (unpaired) electrons. The lowest BCUT2D eigenvalue weighted by atomic mass is 10.1. The first-order valence-corrected chi connectivity index (χ1v) is 6.28. The van der Waals surface area contributed by atoms with Crippen LogP contribution in [0.5, 0.6) is 0 Å². The Morgan fingerprint density at radius 2 is 2.00 bits per heavy atom. The summed E-state index contributed by atoms with van der Waals surface area (Å²) in [4.78, 5) is 13.6. The van der Waals surface area contributed by atoms with Crippen LogP contribution in [0.2, 0.25) is 0 Å². The van der Waals surface area contributed by atoms with Gasteiger partial charge in [0.25, 0.3) is 0 Å². The Labute approximate surface area is 103 Å². The molecule has 2 rings (SSSR count). The molecule has 3 heteroatoms. The van der Waals surface area contributed by atoms with Gasteiger partial charge in [-0.05, 0) is 25.5 Å². The van der Waals surface area contributed by atoms with Gasteiger partial charge in [-0.25, -0.2) is 0 Å². The van der Waals surface area contributed by atoms with Crippen LogP contribution < -0.4 is 5.32 Å². The number of hydrogen-bond acceptors (Lipinski definition) is 2. The largest absolute Gasteiger partial charge is 0.355 e. The van der Waals surface area contributed by atoms with Gasteiger partial charge in [-0.15, -0.1) is 0 Å². The van der Waals surface area contributed by atoms with E-state index >= 15 is 0 Å². The molecule has 1 fully saturated rings. The van der Waals surface area contributed by atoms with Gasteiger partial charge >= 0.3 is 0 Å². The maximum atomic E-state index is 11.2. The van der Waals surface area contributed by atoms with E-state index < -0.39 is 0 Å². The Hall–Kier alpha value is -1.35. The lowest BCUT2D eigenvalue weighted by Crippen LogP contribution is -2.38. The third kappa shape index (κ3) is 3.86. The number of amides is 1. The molecule has 1 aliphatic heterocycles. The molecular formula is C14H20N2O. The number of benzene rings is 1. The second-order valence-electron chi connectivity index (χ2n) is 4.72. The molecule has 0 bridgehead atoms. The van der Waals surface area contributed by atoms with Gasteiger partial charge in [0.2, 0.25) is 5.91 Å². The van der Waals surface area contributed by atoms with Gasteiger partial charge < -0.3 is 5.32 Å². The minimum absolute atomic E-state index is 0.194. The lowest BCUT2D eigenvalue weighted by molar-refractivity contribution is -0.121. The molecule has 0 saturated carbocycles. The molecule has 0 unspecified atom stereocenters. The van der Waals surface area contributed by atoms with Crippen molar-refractivity contribution in [2.75, 3.05) is 19.6 Å². The van der Waals surface area contributed by atoms with Crippen LogP contribution in [-0.4, -0.2) is 30.4 Å². The van der Waals surface area contributed by atoms with E-state index in [4.69, 9.17) is 0 Å². The molecular weight excluding hydrogens is 212 g/mol. The van der Waals surface area contributed by atoms with Crippen molar-refractivity contribution in [2.24, 2.45) is 0 Å². The summed E-state index contributed by atoms with van der Waals surface area (Å²) in [7, 11) is 0. The molecule has 0 atom stereocenters. The van der Waals surface area contributed by atoms with E-state index in [1.807, 2.05) is 0 Å². The maximum Gasteiger partial charge on any atom is 0.220 e. The molecule has 17 heavy (non-hydrogen) atoms. The summed E-state index contributed by atoms with van der Waals surface area (Å²) >= 11 is 0. The third-order valence-corrected chi connectivity index (χ3v) is 3.16. The first-order valence-electron chi connectivity index (χ1n) is 6.28. The fraction of sp³-hybridized carbons (Fsp3) is 0.500. The highest BCUT2D eigenvalue weighted by molar-refractivity contribution is 5.75. The standard InChI is InChI=1S/C14H20N2O/c1-12-4-6-13(7-5-12)11-16-9-2-3-14(17)15-8-10-16/h4-7H,2-3,8-11H2,1H3,(H,15,17). The quantitative estimate of drug-likeness (QED) is 0.842. The fourth-order valence-corrected chi connectivity index (χ4v) is 2.13. The Morgan fingerprint density at radius 3 is 2.76 bits per heavy atom. The SMILES string of the molecule is Cc1ccc(CN2CCCC(=O)NCC2)cc1. The van der Waals surface area contributed by atoms with E-state index in [-0.39, 0.29) is 5.91 Å². The van der Waals surface area contributed by atoms with Crippen LogP contribution in [0.15, 0.2) is 24.3 Å². The van der Waals surface area contributed by atoms with Gasteiger partial charge in [0.1, 0.15) is 0 Å². The van der Waals surface area contributed by atoms with Crippen molar-refractivity contribution >= 4 is 5.91 Å². The predicted octanol–water partition coefficient (Wildman–Crippen LogP) is 1.71. The summed E-state index contributed by atoms with van der Waals surface area (Å²) in [6, 6.07) is 8.68. The molecule has 0 aromatic heterocycles. The summed E-state index contributed by atoms with van der Waals surface area (Å²) in [6.45, 7) is 5.82. The van der Waals surface area contributed by atoms with Gasteiger partial charge in [0.15, 0.2) is 0 Å². The molecule has 1 aromatic rings. The number of hydrogen-bond donors (Lipinski definition) is 1. The zero-order valence-corrected chi connectivity index (χ0v) is 10.4. The number of aryl methyl sites for hydroxylation is 1. The van der Waals surface area contributed by atoms with Crippen LogP contribution in [0.4, 0.5) is 0 Å². The van der Waals surface area contributed by atoms with E-state index in [2.05, 4.69) is 41.4 Å². The van der Waals surface area contributed by atoms with E-state index in [0.717, 1.165) is 32.6 Å². The molecule has 1 N–H and O–H groups in total. The van der Waals surface area contributed by atoms with E-state index in [1.165, 1.54) is 11.1 Å². The second kappa shape index (κ2) is 5.82.